The molecule has 0 saturated heterocycles. The van der Waals surface area contributed by atoms with Crippen LogP contribution < -0.4 is 10.2 Å². The fourth-order valence-electron chi connectivity index (χ4n) is 4.49. The Kier molecular flexibility index (Phi) is 7.14. The minimum atomic E-state index is -0.509. The predicted octanol–water partition coefficient (Wildman–Crippen LogP) is 6.97. The van der Waals surface area contributed by atoms with Crippen molar-refractivity contribution in [1.29, 1.82) is 0 Å². The van der Waals surface area contributed by atoms with Crippen LogP contribution in [0.1, 0.15) is 43.9 Å². The summed E-state index contributed by atoms with van der Waals surface area (Å²) in [5.41, 5.74) is 3.95. The number of amides is 2. The Morgan fingerprint density at radius 2 is 1.59 bits per heavy atom. The second kappa shape index (κ2) is 10.6. The summed E-state index contributed by atoms with van der Waals surface area (Å²) in [7, 11) is 0. The maximum Gasteiger partial charge on any atom is 0.259 e. The average molecular weight is 604 g/mol. The van der Waals surface area contributed by atoms with E-state index in [-0.39, 0.29) is 29.6 Å². The van der Waals surface area contributed by atoms with Gasteiger partial charge >= 0.3 is 0 Å². The number of nitrogens with one attached hydrogen (secondary N) is 1. The molecule has 1 aliphatic rings. The Hall–Kier alpha value is -3.85. The summed E-state index contributed by atoms with van der Waals surface area (Å²) in [5, 5.41) is 2.94. The van der Waals surface area contributed by atoms with E-state index in [2.05, 4.69) is 27.9 Å². The number of hydrogen-bond donors (Lipinski definition) is 1. The number of ketones is 1. The van der Waals surface area contributed by atoms with Gasteiger partial charge in [-0.2, -0.15) is 0 Å². The van der Waals surface area contributed by atoms with E-state index in [9.17, 15) is 18.8 Å². The van der Waals surface area contributed by atoms with Crippen LogP contribution in [-0.4, -0.2) is 24.1 Å². The van der Waals surface area contributed by atoms with Gasteiger partial charge in [0, 0.05) is 33.4 Å². The van der Waals surface area contributed by atoms with Crippen LogP contribution in [0.3, 0.4) is 0 Å². The van der Waals surface area contributed by atoms with E-state index in [0.717, 1.165) is 11.1 Å². The van der Waals surface area contributed by atoms with Gasteiger partial charge < -0.3 is 10.2 Å². The molecule has 0 spiro atoms. The number of anilines is 2. The zero-order valence-corrected chi connectivity index (χ0v) is 21.9. The van der Waals surface area contributed by atoms with Crippen LogP contribution in [0.2, 0.25) is 0 Å². The van der Waals surface area contributed by atoms with Crippen molar-refractivity contribution in [3.8, 4) is 11.1 Å². The summed E-state index contributed by atoms with van der Waals surface area (Å²) < 4.78 is 14.5. The smallest absolute Gasteiger partial charge is 0.259 e. The first-order valence-corrected chi connectivity index (χ1v) is 12.9. The number of carbonyl (C=O) groups excluding carboxylic acids is 3. The molecule has 1 heterocycles. The standard InChI is InChI=1S/C30H22FIN2O3/c31-20-12-15-27-25(17-20)28(35)11-6-16-34(27)30(37)24-14-13-21(18-26(24)32)33-29(36)23-10-5-4-9-22(23)19-7-2-1-3-8-19/h1-5,7-10,12-15,17-18H,6,11,16H2,(H,33,36). The van der Waals surface area contributed by atoms with Crippen molar-refractivity contribution in [2.75, 3.05) is 16.8 Å². The van der Waals surface area contributed by atoms with E-state index in [0.29, 0.717) is 39.0 Å². The van der Waals surface area contributed by atoms with Crippen molar-refractivity contribution in [1.82, 2.24) is 0 Å². The first-order chi connectivity index (χ1) is 17.9. The monoisotopic (exact) mass is 604 g/mol. The Labute approximate surface area is 227 Å². The lowest BCUT2D eigenvalue weighted by Gasteiger charge is -2.23. The highest BCUT2D eigenvalue weighted by molar-refractivity contribution is 14.1. The van der Waals surface area contributed by atoms with Crippen LogP contribution in [0.4, 0.5) is 15.8 Å². The third kappa shape index (κ3) is 5.17. The van der Waals surface area contributed by atoms with E-state index in [1.54, 1.807) is 24.3 Å². The first kappa shape index (κ1) is 24.8. The third-order valence-corrected chi connectivity index (χ3v) is 7.19. The molecule has 0 aromatic heterocycles. The molecule has 0 unspecified atom stereocenters. The summed E-state index contributed by atoms with van der Waals surface area (Å²) >= 11 is 2.07. The number of benzene rings is 4. The normalized spacial score (nSPS) is 13.0. The van der Waals surface area contributed by atoms with Crippen molar-refractivity contribution in [3.63, 3.8) is 0 Å². The number of rotatable bonds is 4. The van der Waals surface area contributed by atoms with E-state index in [1.807, 2.05) is 48.5 Å². The van der Waals surface area contributed by atoms with Crippen LogP contribution in [0.5, 0.6) is 0 Å². The highest BCUT2D eigenvalue weighted by atomic mass is 127. The van der Waals surface area contributed by atoms with Gasteiger partial charge in [0.2, 0.25) is 0 Å². The Bertz CT molecular complexity index is 1520. The lowest BCUT2D eigenvalue weighted by Crippen LogP contribution is -2.32. The molecular weight excluding hydrogens is 582 g/mol. The van der Waals surface area contributed by atoms with Gasteiger partial charge in [-0.1, -0.05) is 48.5 Å². The number of nitrogens with zero attached hydrogens (tertiary/aromatic N) is 1. The molecule has 2 amide bonds. The molecule has 1 aliphatic heterocycles. The number of fused-ring (bicyclic) bond motifs is 1. The van der Waals surface area contributed by atoms with Crippen LogP contribution in [0.15, 0.2) is 91.0 Å². The van der Waals surface area contributed by atoms with Crippen molar-refractivity contribution < 1.29 is 18.8 Å². The van der Waals surface area contributed by atoms with Gasteiger partial charge in [0.25, 0.3) is 11.8 Å². The molecule has 5 nitrogen and oxygen atoms in total. The van der Waals surface area contributed by atoms with E-state index in [1.165, 1.54) is 23.1 Å². The minimum Gasteiger partial charge on any atom is -0.322 e. The molecular formula is C30H22FIN2O3. The number of Topliss-reactive ketones (excluding diaryl/α,β-unsaturated/α-hetero) is 1. The maximum absolute atomic E-state index is 13.8. The Morgan fingerprint density at radius 3 is 2.38 bits per heavy atom. The summed E-state index contributed by atoms with van der Waals surface area (Å²) in [5.74, 6) is -1.21. The molecule has 0 atom stereocenters. The average Bonchev–Trinajstić information content (AvgIpc) is 3.07. The summed E-state index contributed by atoms with van der Waals surface area (Å²) in [6, 6.07) is 26.1. The van der Waals surface area contributed by atoms with Crippen LogP contribution in [-0.2, 0) is 0 Å². The lowest BCUT2D eigenvalue weighted by molar-refractivity contribution is 0.0973. The quantitative estimate of drug-likeness (QED) is 0.256. The second-order valence-corrected chi connectivity index (χ2v) is 9.87. The van der Waals surface area contributed by atoms with Gasteiger partial charge in [-0.15, -0.1) is 0 Å². The molecule has 5 rings (SSSR count). The minimum absolute atomic E-state index is 0.173. The van der Waals surface area contributed by atoms with Crippen molar-refractivity contribution in [3.05, 3.63) is 117 Å². The number of carbonyl (C=O) groups is 3. The molecule has 0 aliphatic carbocycles. The molecule has 37 heavy (non-hydrogen) atoms. The van der Waals surface area contributed by atoms with Gasteiger partial charge in [-0.05, 0) is 82.6 Å². The van der Waals surface area contributed by atoms with Crippen LogP contribution in [0.25, 0.3) is 11.1 Å². The number of hydrogen-bond acceptors (Lipinski definition) is 3. The zero-order valence-electron chi connectivity index (χ0n) is 19.7. The van der Waals surface area contributed by atoms with Crippen LogP contribution >= 0.6 is 22.6 Å². The van der Waals surface area contributed by atoms with E-state index >= 15 is 0 Å². The zero-order chi connectivity index (χ0) is 25.9. The third-order valence-electron chi connectivity index (χ3n) is 6.29. The highest BCUT2D eigenvalue weighted by Crippen LogP contribution is 2.30. The topological polar surface area (TPSA) is 66.5 Å². The molecule has 4 aromatic rings. The van der Waals surface area contributed by atoms with Crippen molar-refractivity contribution in [2.24, 2.45) is 0 Å². The van der Waals surface area contributed by atoms with Gasteiger partial charge in [-0.3, -0.25) is 14.4 Å². The highest BCUT2D eigenvalue weighted by Gasteiger charge is 2.27. The van der Waals surface area contributed by atoms with Crippen LogP contribution in [0, 0.1) is 9.39 Å². The molecule has 7 heteroatoms. The van der Waals surface area contributed by atoms with Gasteiger partial charge in [0.1, 0.15) is 5.82 Å². The molecule has 4 aromatic carbocycles. The Morgan fingerprint density at radius 1 is 0.838 bits per heavy atom. The summed E-state index contributed by atoms with van der Waals surface area (Å²) in [6.07, 6.45) is 0.749. The number of halogens is 2. The summed E-state index contributed by atoms with van der Waals surface area (Å²) in [4.78, 5) is 40.7. The largest absolute Gasteiger partial charge is 0.322 e. The van der Waals surface area contributed by atoms with Gasteiger partial charge in [0.15, 0.2) is 5.78 Å². The summed E-state index contributed by atoms with van der Waals surface area (Å²) in [6.45, 7) is 0.355. The first-order valence-electron chi connectivity index (χ1n) is 11.8. The molecule has 0 bridgehead atoms. The Balaban J connectivity index is 1.40. The van der Waals surface area contributed by atoms with Gasteiger partial charge in [0.05, 0.1) is 11.3 Å². The van der Waals surface area contributed by atoms with Gasteiger partial charge in [-0.25, -0.2) is 4.39 Å². The second-order valence-electron chi connectivity index (χ2n) is 8.71. The maximum atomic E-state index is 13.8. The SMILES string of the molecule is O=C(Nc1ccc(C(=O)N2CCCC(=O)c3cc(F)ccc32)c(I)c1)c1ccccc1-c1ccccc1. The van der Waals surface area contributed by atoms with E-state index < -0.39 is 5.82 Å². The van der Waals surface area contributed by atoms with Crippen molar-refractivity contribution >= 4 is 51.6 Å². The molecule has 1 N–H and O–H groups in total. The van der Waals surface area contributed by atoms with Crippen molar-refractivity contribution in [2.45, 2.75) is 12.8 Å². The van der Waals surface area contributed by atoms with E-state index in [4.69, 9.17) is 0 Å². The fourth-order valence-corrected chi connectivity index (χ4v) is 5.24. The predicted molar refractivity (Wildman–Crippen MR) is 151 cm³/mol. The lowest BCUT2D eigenvalue weighted by atomic mass is 9.99. The molecule has 0 saturated carbocycles. The fraction of sp³-hybridized carbons (Fsp3) is 0.100. The molecule has 184 valence electrons. The molecule has 0 fully saturated rings. The molecule has 0 radical (unpaired) electrons.